The van der Waals surface area contributed by atoms with Crippen LogP contribution in [0, 0.1) is 0 Å². The first-order valence-corrected chi connectivity index (χ1v) is 9.71. The molecule has 0 atom stereocenters. The Labute approximate surface area is 176 Å². The van der Waals surface area contributed by atoms with Crippen LogP contribution in [0.2, 0.25) is 0 Å². The van der Waals surface area contributed by atoms with Gasteiger partial charge in [-0.3, -0.25) is 0 Å². The van der Waals surface area contributed by atoms with Gasteiger partial charge in [-0.15, -0.1) is 0 Å². The molecule has 30 heavy (non-hydrogen) atoms. The fourth-order valence-corrected chi connectivity index (χ4v) is 3.47. The molecule has 0 aromatic heterocycles. The topological polar surface area (TPSA) is 35.5 Å². The minimum absolute atomic E-state index is 0.374. The van der Waals surface area contributed by atoms with Gasteiger partial charge in [-0.25, -0.2) is 4.79 Å². The second kappa shape index (κ2) is 8.26. The number of benzene rings is 4. The molecule has 148 valence electrons. The number of fused-ring (bicyclic) bond motifs is 1. The van der Waals surface area contributed by atoms with E-state index in [2.05, 4.69) is 49.0 Å². The van der Waals surface area contributed by atoms with E-state index in [-0.39, 0.29) is 0 Å². The fraction of sp³-hybridized carbons (Fsp3) is 0.0741. The number of rotatable bonds is 5. The Bertz CT molecular complexity index is 1220. The summed E-state index contributed by atoms with van der Waals surface area (Å²) in [6.45, 7) is 5.24. The second-order valence-electron chi connectivity index (χ2n) is 7.13. The van der Waals surface area contributed by atoms with Gasteiger partial charge >= 0.3 is 5.97 Å². The SMILES string of the molecule is C=C(C)C(=O)Oc1ccc(-c2ccc(-c3ccc(OC)cc3)c3ccccc23)cc1. The highest BCUT2D eigenvalue weighted by Gasteiger charge is 2.10. The monoisotopic (exact) mass is 394 g/mol. The Morgan fingerprint density at radius 1 is 0.700 bits per heavy atom. The molecule has 0 amide bonds. The molecule has 0 saturated carbocycles. The zero-order chi connectivity index (χ0) is 21.1. The first kappa shape index (κ1) is 19.5. The lowest BCUT2D eigenvalue weighted by Crippen LogP contribution is -2.07. The molecule has 0 fully saturated rings. The number of carbonyl (C=O) groups excluding carboxylic acids is 1. The number of hydrogen-bond acceptors (Lipinski definition) is 3. The van der Waals surface area contributed by atoms with E-state index < -0.39 is 5.97 Å². The van der Waals surface area contributed by atoms with Gasteiger partial charge in [-0.2, -0.15) is 0 Å². The highest BCUT2D eigenvalue weighted by atomic mass is 16.5. The van der Waals surface area contributed by atoms with Crippen molar-refractivity contribution in [3.05, 3.63) is 97.1 Å². The molecule has 3 nitrogen and oxygen atoms in total. The maximum absolute atomic E-state index is 11.7. The molecule has 0 N–H and O–H groups in total. The molecule has 4 aromatic carbocycles. The van der Waals surface area contributed by atoms with Crippen molar-refractivity contribution >= 4 is 16.7 Å². The Morgan fingerprint density at radius 3 is 1.60 bits per heavy atom. The van der Waals surface area contributed by atoms with E-state index in [9.17, 15) is 4.79 Å². The molecule has 0 aliphatic heterocycles. The highest BCUT2D eigenvalue weighted by Crippen LogP contribution is 2.36. The molecular formula is C27H22O3. The molecule has 0 unspecified atom stereocenters. The number of carbonyl (C=O) groups is 1. The Kier molecular flexibility index (Phi) is 5.36. The summed E-state index contributed by atoms with van der Waals surface area (Å²) in [5.41, 5.74) is 4.87. The van der Waals surface area contributed by atoms with Gasteiger partial charge in [0, 0.05) is 5.57 Å². The van der Waals surface area contributed by atoms with Crippen LogP contribution in [0.4, 0.5) is 0 Å². The fourth-order valence-electron chi connectivity index (χ4n) is 3.47. The van der Waals surface area contributed by atoms with Crippen molar-refractivity contribution in [2.75, 3.05) is 7.11 Å². The molecule has 0 aliphatic carbocycles. The summed E-state index contributed by atoms with van der Waals surface area (Å²) in [4.78, 5) is 11.7. The van der Waals surface area contributed by atoms with Gasteiger partial charge in [-0.1, -0.05) is 67.2 Å². The van der Waals surface area contributed by atoms with Crippen LogP contribution >= 0.6 is 0 Å². The second-order valence-corrected chi connectivity index (χ2v) is 7.13. The maximum Gasteiger partial charge on any atom is 0.338 e. The van der Waals surface area contributed by atoms with Gasteiger partial charge in [-0.05, 0) is 64.2 Å². The average molecular weight is 394 g/mol. The molecule has 4 aromatic rings. The summed E-state index contributed by atoms with van der Waals surface area (Å²) >= 11 is 0. The predicted octanol–water partition coefficient (Wildman–Crippen LogP) is 6.66. The van der Waals surface area contributed by atoms with Crippen LogP contribution in [-0.2, 0) is 4.79 Å². The van der Waals surface area contributed by atoms with E-state index in [0.29, 0.717) is 11.3 Å². The third kappa shape index (κ3) is 3.83. The van der Waals surface area contributed by atoms with Crippen LogP contribution in [0.1, 0.15) is 6.92 Å². The third-order valence-corrected chi connectivity index (χ3v) is 5.05. The highest BCUT2D eigenvalue weighted by molar-refractivity contribution is 6.05. The predicted molar refractivity (Wildman–Crippen MR) is 122 cm³/mol. The summed E-state index contributed by atoms with van der Waals surface area (Å²) in [6.07, 6.45) is 0. The Morgan fingerprint density at radius 2 is 1.17 bits per heavy atom. The number of hydrogen-bond donors (Lipinski definition) is 0. The first-order chi connectivity index (χ1) is 14.6. The molecular weight excluding hydrogens is 372 g/mol. The average Bonchev–Trinajstić information content (AvgIpc) is 2.79. The minimum Gasteiger partial charge on any atom is -0.497 e. The molecule has 0 spiro atoms. The molecule has 3 heteroatoms. The number of esters is 1. The lowest BCUT2D eigenvalue weighted by atomic mass is 9.92. The smallest absolute Gasteiger partial charge is 0.338 e. The van der Waals surface area contributed by atoms with Crippen molar-refractivity contribution in [3.63, 3.8) is 0 Å². The van der Waals surface area contributed by atoms with Crippen LogP contribution in [0.15, 0.2) is 97.1 Å². The summed E-state index contributed by atoms with van der Waals surface area (Å²) in [5.74, 6) is 0.926. The summed E-state index contributed by atoms with van der Waals surface area (Å²) < 4.78 is 10.6. The quantitative estimate of drug-likeness (QED) is 0.216. The summed E-state index contributed by atoms with van der Waals surface area (Å²) in [6, 6.07) is 28.3. The van der Waals surface area contributed by atoms with Gasteiger partial charge in [0.15, 0.2) is 0 Å². The standard InChI is InChI=1S/C27H22O3/c1-18(2)27(28)30-22-14-10-20(11-15-22)24-17-16-23(25-6-4-5-7-26(24)25)19-8-12-21(29-3)13-9-19/h4-17H,1H2,2-3H3. The molecule has 0 bridgehead atoms. The molecule has 0 heterocycles. The van der Waals surface area contributed by atoms with Crippen LogP contribution < -0.4 is 9.47 Å². The normalized spacial score (nSPS) is 10.6. The van der Waals surface area contributed by atoms with Gasteiger partial charge in [0.2, 0.25) is 0 Å². The molecule has 4 rings (SSSR count). The van der Waals surface area contributed by atoms with Gasteiger partial charge < -0.3 is 9.47 Å². The summed E-state index contributed by atoms with van der Waals surface area (Å²) in [5, 5.41) is 2.34. The van der Waals surface area contributed by atoms with Crippen molar-refractivity contribution in [3.8, 4) is 33.8 Å². The number of methoxy groups -OCH3 is 1. The molecule has 0 aliphatic rings. The lowest BCUT2D eigenvalue weighted by Gasteiger charge is -2.13. The van der Waals surface area contributed by atoms with Crippen LogP contribution in [0.3, 0.4) is 0 Å². The number of ether oxygens (including phenoxy) is 2. The Hall–Kier alpha value is -3.85. The molecule has 0 saturated heterocycles. The van der Waals surface area contributed by atoms with Crippen LogP contribution in [0.25, 0.3) is 33.0 Å². The minimum atomic E-state index is -0.419. The van der Waals surface area contributed by atoms with Crippen LogP contribution in [0.5, 0.6) is 11.5 Å². The van der Waals surface area contributed by atoms with Gasteiger partial charge in [0.25, 0.3) is 0 Å². The first-order valence-electron chi connectivity index (χ1n) is 9.71. The zero-order valence-corrected chi connectivity index (χ0v) is 17.0. The van der Waals surface area contributed by atoms with E-state index >= 15 is 0 Å². The van der Waals surface area contributed by atoms with Crippen molar-refractivity contribution in [2.24, 2.45) is 0 Å². The van der Waals surface area contributed by atoms with Crippen molar-refractivity contribution in [1.29, 1.82) is 0 Å². The van der Waals surface area contributed by atoms with Crippen molar-refractivity contribution in [1.82, 2.24) is 0 Å². The summed E-state index contributed by atoms with van der Waals surface area (Å²) in [7, 11) is 1.67. The van der Waals surface area contributed by atoms with Gasteiger partial charge in [0.05, 0.1) is 7.11 Å². The largest absolute Gasteiger partial charge is 0.497 e. The van der Waals surface area contributed by atoms with Gasteiger partial charge in [0.1, 0.15) is 11.5 Å². The third-order valence-electron chi connectivity index (χ3n) is 5.05. The zero-order valence-electron chi connectivity index (χ0n) is 17.0. The van der Waals surface area contributed by atoms with E-state index in [4.69, 9.17) is 9.47 Å². The maximum atomic E-state index is 11.7. The van der Waals surface area contributed by atoms with Crippen LogP contribution in [-0.4, -0.2) is 13.1 Å². The van der Waals surface area contributed by atoms with E-state index in [1.807, 2.05) is 42.5 Å². The van der Waals surface area contributed by atoms with E-state index in [1.165, 1.54) is 10.9 Å². The van der Waals surface area contributed by atoms with E-state index in [0.717, 1.165) is 27.8 Å². The van der Waals surface area contributed by atoms with E-state index in [1.54, 1.807) is 14.0 Å². The van der Waals surface area contributed by atoms with Crippen molar-refractivity contribution in [2.45, 2.75) is 6.92 Å². The van der Waals surface area contributed by atoms with Crippen molar-refractivity contribution < 1.29 is 14.3 Å². The molecule has 0 radical (unpaired) electrons. The Balaban J connectivity index is 1.74. The lowest BCUT2D eigenvalue weighted by molar-refractivity contribution is -0.130.